The van der Waals surface area contributed by atoms with Crippen molar-refractivity contribution in [2.75, 3.05) is 0 Å². The van der Waals surface area contributed by atoms with Crippen LogP contribution < -0.4 is 0 Å². The summed E-state index contributed by atoms with van der Waals surface area (Å²) < 4.78 is 0. The lowest BCUT2D eigenvalue weighted by Gasteiger charge is -2.08. The van der Waals surface area contributed by atoms with E-state index >= 15 is 0 Å². The highest BCUT2D eigenvalue weighted by Gasteiger charge is 2.10. The monoisotopic (exact) mass is 216 g/mol. The first-order chi connectivity index (χ1) is 7.49. The summed E-state index contributed by atoms with van der Waals surface area (Å²) >= 11 is 0. The second-order valence-electron chi connectivity index (χ2n) is 5.16. The van der Waals surface area contributed by atoms with E-state index in [0.29, 0.717) is 11.8 Å². The fraction of sp³-hybridized carbons (Fsp3) is 0.500. The number of fused-ring (bicyclic) bond motifs is 1. The number of hydrogen-bond donors (Lipinski definition) is 1. The minimum absolute atomic E-state index is 0.454. The number of rotatable bonds is 2. The van der Waals surface area contributed by atoms with Gasteiger partial charge in [0.1, 0.15) is 5.82 Å². The zero-order chi connectivity index (χ0) is 11.9. The van der Waals surface area contributed by atoms with Crippen molar-refractivity contribution in [3.05, 3.63) is 29.1 Å². The Morgan fingerprint density at radius 3 is 2.31 bits per heavy atom. The van der Waals surface area contributed by atoms with Gasteiger partial charge in [0.2, 0.25) is 0 Å². The smallest absolute Gasteiger partial charge is 0.109 e. The van der Waals surface area contributed by atoms with Gasteiger partial charge in [-0.05, 0) is 36.1 Å². The molecule has 0 amide bonds. The van der Waals surface area contributed by atoms with Gasteiger partial charge in [-0.2, -0.15) is 0 Å². The molecule has 0 aliphatic heterocycles. The fourth-order valence-corrected chi connectivity index (χ4v) is 2.10. The summed E-state index contributed by atoms with van der Waals surface area (Å²) in [6.07, 6.45) is 0. The van der Waals surface area contributed by atoms with Crippen LogP contribution in [0.4, 0.5) is 0 Å². The van der Waals surface area contributed by atoms with Gasteiger partial charge in [-0.3, -0.25) is 0 Å². The number of nitrogens with one attached hydrogen (secondary N) is 1. The largest absolute Gasteiger partial charge is 0.342 e. The van der Waals surface area contributed by atoms with E-state index in [1.54, 1.807) is 0 Å². The third kappa shape index (κ3) is 1.84. The van der Waals surface area contributed by atoms with Crippen LogP contribution in [0, 0.1) is 6.92 Å². The van der Waals surface area contributed by atoms with Crippen molar-refractivity contribution < 1.29 is 0 Å². The van der Waals surface area contributed by atoms with E-state index in [2.05, 4.69) is 56.7 Å². The summed E-state index contributed by atoms with van der Waals surface area (Å²) in [5, 5.41) is 0. The predicted octanol–water partition coefficient (Wildman–Crippen LogP) is 4.12. The topological polar surface area (TPSA) is 28.7 Å². The van der Waals surface area contributed by atoms with E-state index in [-0.39, 0.29) is 0 Å². The van der Waals surface area contributed by atoms with Gasteiger partial charge in [0.05, 0.1) is 11.0 Å². The first-order valence-electron chi connectivity index (χ1n) is 5.99. The molecule has 2 nitrogen and oxygen atoms in total. The molecule has 0 aliphatic rings. The third-order valence-electron chi connectivity index (χ3n) is 3.06. The van der Waals surface area contributed by atoms with Gasteiger partial charge in [0, 0.05) is 5.92 Å². The molecule has 1 N–H and O–H groups in total. The molecule has 0 aliphatic carbocycles. The molecule has 2 rings (SSSR count). The zero-order valence-electron chi connectivity index (χ0n) is 10.8. The van der Waals surface area contributed by atoms with Crippen LogP contribution in [0.1, 0.15) is 56.5 Å². The molecule has 2 aromatic rings. The maximum absolute atomic E-state index is 4.64. The Hall–Kier alpha value is -1.31. The standard InChI is InChI=1S/C14H20N2/c1-8(2)11-7-13-12(6-10(11)5)15-14(16-13)9(3)4/h6-9H,1-5H3,(H,15,16). The Balaban J connectivity index is 2.61. The van der Waals surface area contributed by atoms with Gasteiger partial charge in [-0.15, -0.1) is 0 Å². The van der Waals surface area contributed by atoms with Gasteiger partial charge < -0.3 is 4.98 Å². The normalized spacial score (nSPS) is 11.9. The summed E-state index contributed by atoms with van der Waals surface area (Å²) in [6, 6.07) is 4.43. The average molecular weight is 216 g/mol. The van der Waals surface area contributed by atoms with E-state index < -0.39 is 0 Å². The van der Waals surface area contributed by atoms with Crippen LogP contribution in [0.2, 0.25) is 0 Å². The molecule has 2 heteroatoms. The van der Waals surface area contributed by atoms with E-state index in [9.17, 15) is 0 Å². The lowest BCUT2D eigenvalue weighted by molar-refractivity contribution is 0.799. The molecule has 0 fully saturated rings. The highest BCUT2D eigenvalue weighted by molar-refractivity contribution is 5.77. The maximum atomic E-state index is 4.64. The molecule has 0 unspecified atom stereocenters. The molecule has 0 bridgehead atoms. The minimum atomic E-state index is 0.454. The maximum Gasteiger partial charge on any atom is 0.109 e. The van der Waals surface area contributed by atoms with Crippen molar-refractivity contribution >= 4 is 11.0 Å². The number of aromatic nitrogens is 2. The Kier molecular flexibility index (Phi) is 2.75. The van der Waals surface area contributed by atoms with Crippen molar-refractivity contribution in [3.63, 3.8) is 0 Å². The molecule has 0 atom stereocenters. The predicted molar refractivity (Wildman–Crippen MR) is 69.0 cm³/mol. The third-order valence-corrected chi connectivity index (χ3v) is 3.06. The Morgan fingerprint density at radius 1 is 1.06 bits per heavy atom. The van der Waals surface area contributed by atoms with Crippen LogP contribution >= 0.6 is 0 Å². The van der Waals surface area contributed by atoms with Gasteiger partial charge in [-0.25, -0.2) is 4.98 Å². The molecule has 0 radical (unpaired) electrons. The summed E-state index contributed by atoms with van der Waals surface area (Å²) in [4.78, 5) is 8.03. The lowest BCUT2D eigenvalue weighted by atomic mass is 9.97. The molecule has 0 saturated heterocycles. The zero-order valence-corrected chi connectivity index (χ0v) is 10.8. The van der Waals surface area contributed by atoms with E-state index in [1.165, 1.54) is 11.1 Å². The number of benzene rings is 1. The highest BCUT2D eigenvalue weighted by Crippen LogP contribution is 2.25. The first kappa shape index (κ1) is 11.2. The number of imidazole rings is 1. The van der Waals surface area contributed by atoms with Crippen molar-refractivity contribution in [3.8, 4) is 0 Å². The van der Waals surface area contributed by atoms with E-state index in [0.717, 1.165) is 16.9 Å². The molecule has 1 aromatic carbocycles. The van der Waals surface area contributed by atoms with E-state index in [1.807, 2.05) is 0 Å². The lowest BCUT2D eigenvalue weighted by Crippen LogP contribution is -1.91. The number of aromatic amines is 1. The van der Waals surface area contributed by atoms with Crippen LogP contribution in [-0.2, 0) is 0 Å². The molecule has 0 spiro atoms. The SMILES string of the molecule is Cc1cc2[nH]c(C(C)C)nc2cc1C(C)C. The van der Waals surface area contributed by atoms with Crippen LogP contribution in [-0.4, -0.2) is 9.97 Å². The molecule has 1 heterocycles. The number of hydrogen-bond acceptors (Lipinski definition) is 1. The summed E-state index contributed by atoms with van der Waals surface area (Å²) in [5.74, 6) is 2.09. The molecule has 1 aromatic heterocycles. The quantitative estimate of drug-likeness (QED) is 0.803. The number of aryl methyl sites for hydroxylation is 1. The molecule has 0 saturated carbocycles. The Labute approximate surface area is 97.1 Å². The van der Waals surface area contributed by atoms with Crippen molar-refractivity contribution in [1.29, 1.82) is 0 Å². The van der Waals surface area contributed by atoms with Crippen molar-refractivity contribution in [2.24, 2.45) is 0 Å². The first-order valence-corrected chi connectivity index (χ1v) is 5.99. The summed E-state index contributed by atoms with van der Waals surface area (Å²) in [6.45, 7) is 10.9. The molecular weight excluding hydrogens is 196 g/mol. The van der Waals surface area contributed by atoms with Crippen LogP contribution in [0.25, 0.3) is 11.0 Å². The Bertz CT molecular complexity index is 507. The number of H-pyrrole nitrogens is 1. The van der Waals surface area contributed by atoms with Crippen molar-refractivity contribution in [2.45, 2.75) is 46.5 Å². The minimum Gasteiger partial charge on any atom is -0.342 e. The second kappa shape index (κ2) is 3.93. The van der Waals surface area contributed by atoms with Gasteiger partial charge in [-0.1, -0.05) is 27.7 Å². The summed E-state index contributed by atoms with van der Waals surface area (Å²) in [7, 11) is 0. The number of nitrogens with zero attached hydrogens (tertiary/aromatic N) is 1. The van der Waals surface area contributed by atoms with Gasteiger partial charge in [0.15, 0.2) is 0 Å². The van der Waals surface area contributed by atoms with Gasteiger partial charge in [0.25, 0.3) is 0 Å². The van der Waals surface area contributed by atoms with Crippen molar-refractivity contribution in [1.82, 2.24) is 9.97 Å². The average Bonchev–Trinajstić information content (AvgIpc) is 2.58. The highest BCUT2D eigenvalue weighted by atomic mass is 14.9. The second-order valence-corrected chi connectivity index (χ2v) is 5.16. The molecular formula is C14H20N2. The van der Waals surface area contributed by atoms with Crippen LogP contribution in [0.5, 0.6) is 0 Å². The van der Waals surface area contributed by atoms with E-state index in [4.69, 9.17) is 0 Å². The molecule has 16 heavy (non-hydrogen) atoms. The van der Waals surface area contributed by atoms with Crippen LogP contribution in [0.15, 0.2) is 12.1 Å². The van der Waals surface area contributed by atoms with Crippen LogP contribution in [0.3, 0.4) is 0 Å². The summed E-state index contributed by atoms with van der Waals surface area (Å²) in [5.41, 5.74) is 5.00. The Morgan fingerprint density at radius 2 is 1.75 bits per heavy atom. The fourth-order valence-electron chi connectivity index (χ4n) is 2.10. The van der Waals surface area contributed by atoms with Gasteiger partial charge >= 0.3 is 0 Å². The molecule has 86 valence electrons.